The molecule has 0 N–H and O–H groups in total. The molecule has 2 heterocycles. The Hall–Kier alpha value is -2.63. The maximum Gasteiger partial charge on any atom is 0.260 e. The highest BCUT2D eigenvalue weighted by Gasteiger charge is 2.35. The van der Waals surface area contributed by atoms with Crippen LogP contribution in [0.4, 0.5) is 5.69 Å². The summed E-state index contributed by atoms with van der Waals surface area (Å²) in [5.41, 5.74) is 3.02. The lowest BCUT2D eigenvalue weighted by atomic mass is 10.1. The molecule has 0 radical (unpaired) electrons. The summed E-state index contributed by atoms with van der Waals surface area (Å²) in [5, 5.41) is 3.83. The molecule has 1 aromatic carbocycles. The number of carbonyl (C=O) groups excluding carboxylic acids is 2. The number of carbonyl (C=O) groups is 2. The molecular weight excluding hydrogens is 306 g/mol. The number of benzene rings is 1. The van der Waals surface area contributed by atoms with Gasteiger partial charge in [0.25, 0.3) is 5.91 Å². The topological polar surface area (TPSA) is 66.7 Å². The van der Waals surface area contributed by atoms with Crippen molar-refractivity contribution >= 4 is 17.5 Å². The Balaban J connectivity index is 1.82. The molecule has 1 saturated heterocycles. The number of nitrogens with zero attached hydrogens (tertiary/aromatic N) is 3. The predicted octanol–water partition coefficient (Wildman–Crippen LogP) is 2.48. The summed E-state index contributed by atoms with van der Waals surface area (Å²) in [5.74, 6) is 0.200. The normalized spacial score (nSPS) is 18.2. The lowest BCUT2D eigenvalue weighted by Gasteiger charge is -2.39. The van der Waals surface area contributed by atoms with Crippen LogP contribution in [0.25, 0.3) is 0 Å². The van der Waals surface area contributed by atoms with E-state index in [9.17, 15) is 9.59 Å². The van der Waals surface area contributed by atoms with Crippen molar-refractivity contribution in [3.8, 4) is 0 Å². The largest absolute Gasteiger partial charge is 0.361 e. The van der Waals surface area contributed by atoms with Crippen LogP contribution >= 0.6 is 0 Å². The van der Waals surface area contributed by atoms with Gasteiger partial charge in [0, 0.05) is 18.3 Å². The van der Waals surface area contributed by atoms with Crippen LogP contribution < -0.4 is 4.90 Å². The van der Waals surface area contributed by atoms with Crippen LogP contribution in [0.3, 0.4) is 0 Å². The Labute approximate surface area is 141 Å². The van der Waals surface area contributed by atoms with E-state index in [4.69, 9.17) is 4.52 Å². The molecule has 3 rings (SSSR count). The molecule has 1 fully saturated rings. The van der Waals surface area contributed by atoms with Gasteiger partial charge in [-0.2, -0.15) is 0 Å². The average molecular weight is 327 g/mol. The molecule has 0 spiro atoms. The molecule has 2 amide bonds. The van der Waals surface area contributed by atoms with Gasteiger partial charge in [0.2, 0.25) is 5.91 Å². The second kappa shape index (κ2) is 6.11. The zero-order valence-electron chi connectivity index (χ0n) is 14.4. The second-order valence-electron chi connectivity index (χ2n) is 6.32. The van der Waals surface area contributed by atoms with Gasteiger partial charge >= 0.3 is 0 Å². The standard InChI is InChI=1S/C18H21N3O3/c1-11-5-7-15(8-6-11)21-9-12(2)20(10-16(21)22)18(23)17-13(3)19-24-14(17)4/h5-8,12H,9-10H2,1-4H3. The number of hydrogen-bond donors (Lipinski definition) is 0. The van der Waals surface area contributed by atoms with Gasteiger partial charge in [0.15, 0.2) is 0 Å². The quantitative estimate of drug-likeness (QED) is 0.850. The Morgan fingerprint density at radius 3 is 2.46 bits per heavy atom. The van der Waals surface area contributed by atoms with Crippen molar-refractivity contribution < 1.29 is 14.1 Å². The fourth-order valence-electron chi connectivity index (χ4n) is 3.03. The molecule has 1 aliphatic heterocycles. The van der Waals surface area contributed by atoms with Crippen LogP contribution in [0.1, 0.15) is 34.3 Å². The first kappa shape index (κ1) is 16.2. The number of hydrogen-bond acceptors (Lipinski definition) is 4. The van der Waals surface area contributed by atoms with Crippen molar-refractivity contribution in [2.45, 2.75) is 33.7 Å². The van der Waals surface area contributed by atoms with Crippen LogP contribution in [0.15, 0.2) is 28.8 Å². The number of aryl methyl sites for hydroxylation is 3. The minimum atomic E-state index is -0.198. The summed E-state index contributed by atoms with van der Waals surface area (Å²) in [6.07, 6.45) is 0. The molecule has 6 nitrogen and oxygen atoms in total. The van der Waals surface area contributed by atoms with Crippen molar-refractivity contribution in [1.82, 2.24) is 10.1 Å². The predicted molar refractivity (Wildman–Crippen MR) is 90.0 cm³/mol. The SMILES string of the molecule is Cc1ccc(N2CC(C)N(C(=O)c3c(C)noc3C)CC2=O)cc1. The van der Waals surface area contributed by atoms with Crippen molar-refractivity contribution in [2.24, 2.45) is 0 Å². The smallest absolute Gasteiger partial charge is 0.260 e. The highest BCUT2D eigenvalue weighted by molar-refractivity contribution is 6.02. The molecule has 1 aliphatic rings. The summed E-state index contributed by atoms with van der Waals surface area (Å²) in [6, 6.07) is 7.74. The molecule has 24 heavy (non-hydrogen) atoms. The van der Waals surface area contributed by atoms with Crippen LogP contribution in [-0.2, 0) is 4.79 Å². The van der Waals surface area contributed by atoms with E-state index in [2.05, 4.69) is 5.16 Å². The molecule has 1 aromatic heterocycles. The average Bonchev–Trinajstić information content (AvgIpc) is 2.88. The number of anilines is 1. The lowest BCUT2D eigenvalue weighted by Crippen LogP contribution is -2.57. The molecule has 1 unspecified atom stereocenters. The maximum atomic E-state index is 12.8. The van der Waals surface area contributed by atoms with E-state index in [0.717, 1.165) is 11.3 Å². The summed E-state index contributed by atoms with van der Waals surface area (Å²) in [6.45, 7) is 7.92. The lowest BCUT2D eigenvalue weighted by molar-refractivity contribution is -0.121. The van der Waals surface area contributed by atoms with Crippen molar-refractivity contribution in [3.05, 3.63) is 46.8 Å². The third-order valence-corrected chi connectivity index (χ3v) is 4.44. The van der Waals surface area contributed by atoms with E-state index < -0.39 is 0 Å². The minimum absolute atomic E-state index is 0.0535. The zero-order chi connectivity index (χ0) is 17.4. The maximum absolute atomic E-state index is 12.8. The summed E-state index contributed by atoms with van der Waals surface area (Å²) < 4.78 is 5.08. The van der Waals surface area contributed by atoms with Gasteiger partial charge in [-0.05, 0) is 39.8 Å². The third kappa shape index (κ3) is 2.79. The van der Waals surface area contributed by atoms with Crippen LogP contribution in [0.5, 0.6) is 0 Å². The van der Waals surface area contributed by atoms with Gasteiger partial charge in [-0.1, -0.05) is 22.9 Å². The second-order valence-corrected chi connectivity index (χ2v) is 6.32. The molecule has 126 valence electrons. The van der Waals surface area contributed by atoms with Crippen LogP contribution in [-0.4, -0.2) is 41.0 Å². The van der Waals surface area contributed by atoms with Crippen molar-refractivity contribution in [3.63, 3.8) is 0 Å². The van der Waals surface area contributed by atoms with Crippen molar-refractivity contribution in [1.29, 1.82) is 0 Å². The van der Waals surface area contributed by atoms with Gasteiger partial charge in [-0.3, -0.25) is 9.59 Å². The van der Waals surface area contributed by atoms with Gasteiger partial charge in [0.05, 0.1) is 5.69 Å². The first-order chi connectivity index (χ1) is 11.4. The van der Waals surface area contributed by atoms with Gasteiger partial charge in [0.1, 0.15) is 17.9 Å². The highest BCUT2D eigenvalue weighted by atomic mass is 16.5. The minimum Gasteiger partial charge on any atom is -0.361 e. The van der Waals surface area contributed by atoms with E-state index in [0.29, 0.717) is 23.6 Å². The summed E-state index contributed by atoms with van der Waals surface area (Å²) in [7, 11) is 0. The fraction of sp³-hybridized carbons (Fsp3) is 0.389. The number of rotatable bonds is 2. The Morgan fingerprint density at radius 1 is 1.21 bits per heavy atom. The zero-order valence-corrected chi connectivity index (χ0v) is 14.4. The number of amides is 2. The summed E-state index contributed by atoms with van der Waals surface area (Å²) in [4.78, 5) is 28.7. The number of piperazine rings is 1. The van der Waals surface area contributed by atoms with Gasteiger partial charge < -0.3 is 14.3 Å². The van der Waals surface area contributed by atoms with E-state index >= 15 is 0 Å². The molecule has 1 atom stereocenters. The highest BCUT2D eigenvalue weighted by Crippen LogP contribution is 2.23. The molecule has 0 bridgehead atoms. The van der Waals surface area contributed by atoms with E-state index in [1.807, 2.05) is 38.1 Å². The van der Waals surface area contributed by atoms with Crippen molar-refractivity contribution in [2.75, 3.05) is 18.0 Å². The third-order valence-electron chi connectivity index (χ3n) is 4.44. The Bertz CT molecular complexity index is 760. The molecule has 0 aliphatic carbocycles. The molecule has 0 saturated carbocycles. The monoisotopic (exact) mass is 327 g/mol. The Kier molecular flexibility index (Phi) is 4.13. The fourth-order valence-corrected chi connectivity index (χ4v) is 3.03. The van der Waals surface area contributed by atoms with Gasteiger partial charge in [-0.15, -0.1) is 0 Å². The van der Waals surface area contributed by atoms with E-state index in [1.54, 1.807) is 23.6 Å². The molecule has 2 aromatic rings. The van der Waals surface area contributed by atoms with Gasteiger partial charge in [-0.25, -0.2) is 0 Å². The van der Waals surface area contributed by atoms with Crippen LogP contribution in [0.2, 0.25) is 0 Å². The first-order valence-electron chi connectivity index (χ1n) is 7.99. The van der Waals surface area contributed by atoms with Crippen LogP contribution in [0, 0.1) is 20.8 Å². The van der Waals surface area contributed by atoms with E-state index in [-0.39, 0.29) is 24.4 Å². The first-order valence-corrected chi connectivity index (χ1v) is 7.99. The number of aromatic nitrogens is 1. The summed E-state index contributed by atoms with van der Waals surface area (Å²) >= 11 is 0. The molecular formula is C18H21N3O3. The van der Waals surface area contributed by atoms with E-state index in [1.165, 1.54) is 0 Å². The molecule has 6 heteroatoms. The Morgan fingerprint density at radius 2 is 1.88 bits per heavy atom.